The van der Waals surface area contributed by atoms with E-state index in [0.717, 1.165) is 0 Å². The van der Waals surface area contributed by atoms with Crippen molar-refractivity contribution in [1.82, 2.24) is 5.32 Å². The van der Waals surface area contributed by atoms with Crippen LogP contribution in [0.3, 0.4) is 0 Å². The minimum atomic E-state index is -1.92. The van der Waals surface area contributed by atoms with Crippen LogP contribution >= 0.6 is 0 Å². The third-order valence-corrected chi connectivity index (χ3v) is 3.41. The van der Waals surface area contributed by atoms with Crippen LogP contribution in [0.1, 0.15) is 0 Å². The van der Waals surface area contributed by atoms with Crippen molar-refractivity contribution in [2.45, 2.75) is 48.8 Å². The average molecular weight is 358 g/mol. The zero-order valence-electron chi connectivity index (χ0n) is 12.8. The van der Waals surface area contributed by atoms with Gasteiger partial charge in [0.2, 0.25) is 5.91 Å². The first-order valence-electron chi connectivity index (χ1n) is 7.09. The number of amides is 1. The van der Waals surface area contributed by atoms with Crippen LogP contribution in [-0.4, -0.2) is 120 Å². The Morgan fingerprint density at radius 2 is 1.12 bits per heavy atom. The molecule has 0 fully saturated rings. The Labute approximate surface area is 137 Å². The molecule has 0 saturated carbocycles. The zero-order valence-corrected chi connectivity index (χ0v) is 12.8. The van der Waals surface area contributed by atoms with Crippen LogP contribution in [0, 0.1) is 0 Å². The van der Waals surface area contributed by atoms with E-state index in [-0.39, 0.29) is 0 Å². The van der Waals surface area contributed by atoms with Gasteiger partial charge in [-0.15, -0.1) is 0 Å². The molecule has 0 radical (unpaired) electrons. The van der Waals surface area contributed by atoms with Crippen molar-refractivity contribution < 1.29 is 50.8 Å². The second-order valence-electron chi connectivity index (χ2n) is 5.30. The molecule has 0 spiro atoms. The maximum atomic E-state index is 11.7. The number of aliphatic hydroxyl groups excluding tert-OH is 9. The van der Waals surface area contributed by atoms with E-state index in [0.29, 0.717) is 0 Å². The SMILES string of the molecule is N[C@@H](C(=O)NC[C@H](O)[C@@H](O)[C@H](O)[C@H](O)CO)[C@@H](O)[C@H](O)[C@H](O)CO. The van der Waals surface area contributed by atoms with Gasteiger partial charge in [0.25, 0.3) is 0 Å². The number of hydrogen-bond donors (Lipinski definition) is 11. The van der Waals surface area contributed by atoms with Crippen molar-refractivity contribution in [3.8, 4) is 0 Å². The van der Waals surface area contributed by atoms with Crippen LogP contribution in [0.2, 0.25) is 0 Å². The van der Waals surface area contributed by atoms with E-state index < -0.39 is 74.4 Å². The van der Waals surface area contributed by atoms with Crippen molar-refractivity contribution in [2.75, 3.05) is 19.8 Å². The zero-order chi connectivity index (χ0) is 19.0. The second kappa shape index (κ2) is 10.8. The highest BCUT2D eigenvalue weighted by atomic mass is 16.4. The lowest BCUT2D eigenvalue weighted by Crippen LogP contribution is -2.57. The highest BCUT2D eigenvalue weighted by Crippen LogP contribution is 2.06. The summed E-state index contributed by atoms with van der Waals surface area (Å²) in [5, 5.41) is 85.2. The van der Waals surface area contributed by atoms with E-state index >= 15 is 0 Å². The van der Waals surface area contributed by atoms with E-state index in [4.69, 9.17) is 26.2 Å². The molecule has 0 bridgehead atoms. The predicted octanol–water partition coefficient (Wildman–Crippen LogP) is -7.06. The summed E-state index contributed by atoms with van der Waals surface area (Å²) in [7, 11) is 0. The first kappa shape index (κ1) is 23.1. The van der Waals surface area contributed by atoms with E-state index in [9.17, 15) is 30.3 Å². The first-order valence-corrected chi connectivity index (χ1v) is 7.09. The number of carbonyl (C=O) groups excluding carboxylic acids is 1. The van der Waals surface area contributed by atoms with Gasteiger partial charge in [-0.25, -0.2) is 0 Å². The molecule has 144 valence electrons. The molecule has 24 heavy (non-hydrogen) atoms. The van der Waals surface area contributed by atoms with E-state index in [1.807, 2.05) is 5.32 Å². The number of carbonyl (C=O) groups is 1. The molecule has 12 heteroatoms. The fraction of sp³-hybridized carbons (Fsp3) is 0.917. The molecule has 0 aromatic carbocycles. The third kappa shape index (κ3) is 6.52. The van der Waals surface area contributed by atoms with Gasteiger partial charge in [-0.3, -0.25) is 4.79 Å². The Morgan fingerprint density at radius 3 is 1.54 bits per heavy atom. The molecule has 0 saturated heterocycles. The molecule has 0 aromatic rings. The highest BCUT2D eigenvalue weighted by Gasteiger charge is 2.34. The Balaban J connectivity index is 4.51. The topological polar surface area (TPSA) is 237 Å². The maximum Gasteiger partial charge on any atom is 0.239 e. The summed E-state index contributed by atoms with van der Waals surface area (Å²) in [6, 6.07) is -1.72. The monoisotopic (exact) mass is 358 g/mol. The summed E-state index contributed by atoms with van der Waals surface area (Å²) >= 11 is 0. The van der Waals surface area contributed by atoms with Gasteiger partial charge >= 0.3 is 0 Å². The Kier molecular flexibility index (Phi) is 10.4. The van der Waals surface area contributed by atoms with Crippen LogP contribution < -0.4 is 11.1 Å². The summed E-state index contributed by atoms with van der Waals surface area (Å²) in [5.41, 5.74) is 5.36. The standard InChI is InChI=1S/C12H26N2O10/c13-7(11(23)10(22)6(19)3-16)12(24)14-1-4(17)8(20)9(21)5(18)2-15/h4-11,15-23H,1-3,13H2,(H,14,24)/t4-,5+,6+,7+,8+,9+,10+,11+/m0/s1. The van der Waals surface area contributed by atoms with Crippen LogP contribution in [-0.2, 0) is 4.79 Å². The van der Waals surface area contributed by atoms with Crippen LogP contribution in [0.4, 0.5) is 0 Å². The van der Waals surface area contributed by atoms with Crippen molar-refractivity contribution in [1.29, 1.82) is 0 Å². The van der Waals surface area contributed by atoms with Gasteiger partial charge in [-0.05, 0) is 0 Å². The number of nitrogens with two attached hydrogens (primary N) is 1. The number of rotatable bonds is 11. The summed E-state index contributed by atoms with van der Waals surface area (Å²) < 4.78 is 0. The van der Waals surface area contributed by atoms with Gasteiger partial charge in [0.1, 0.15) is 42.7 Å². The molecule has 0 aliphatic carbocycles. The normalized spacial score (nSPS) is 21.9. The van der Waals surface area contributed by atoms with Gasteiger partial charge in [0, 0.05) is 6.54 Å². The van der Waals surface area contributed by atoms with Gasteiger partial charge in [-0.2, -0.15) is 0 Å². The fourth-order valence-corrected chi connectivity index (χ4v) is 1.71. The fourth-order valence-electron chi connectivity index (χ4n) is 1.71. The number of hydrogen-bond acceptors (Lipinski definition) is 11. The average Bonchev–Trinajstić information content (AvgIpc) is 2.60. The van der Waals surface area contributed by atoms with Crippen molar-refractivity contribution in [3.63, 3.8) is 0 Å². The molecule has 0 aliphatic heterocycles. The van der Waals surface area contributed by atoms with Crippen molar-refractivity contribution in [2.24, 2.45) is 5.73 Å². The van der Waals surface area contributed by atoms with Crippen molar-refractivity contribution in [3.05, 3.63) is 0 Å². The number of nitrogens with one attached hydrogen (secondary N) is 1. The summed E-state index contributed by atoms with van der Waals surface area (Å²) in [4.78, 5) is 11.7. The lowest BCUT2D eigenvalue weighted by Gasteiger charge is -2.28. The highest BCUT2D eigenvalue weighted by molar-refractivity contribution is 5.82. The molecule has 1 amide bonds. The van der Waals surface area contributed by atoms with E-state index in [1.54, 1.807) is 0 Å². The Bertz CT molecular complexity index is 374. The van der Waals surface area contributed by atoms with Crippen LogP contribution in [0.5, 0.6) is 0 Å². The smallest absolute Gasteiger partial charge is 0.239 e. The van der Waals surface area contributed by atoms with Crippen molar-refractivity contribution >= 4 is 5.91 Å². The van der Waals surface area contributed by atoms with Gasteiger partial charge in [0.05, 0.1) is 19.3 Å². The van der Waals surface area contributed by atoms with Crippen LogP contribution in [0.25, 0.3) is 0 Å². The molecule has 0 aliphatic rings. The minimum Gasteiger partial charge on any atom is -0.394 e. The van der Waals surface area contributed by atoms with Gasteiger partial charge in [0.15, 0.2) is 0 Å². The summed E-state index contributed by atoms with van der Waals surface area (Å²) in [5.74, 6) is -1.06. The third-order valence-electron chi connectivity index (χ3n) is 3.41. The van der Waals surface area contributed by atoms with Crippen LogP contribution in [0.15, 0.2) is 0 Å². The second-order valence-corrected chi connectivity index (χ2v) is 5.30. The molecule has 8 atom stereocenters. The first-order chi connectivity index (χ1) is 11.1. The molecule has 0 unspecified atom stereocenters. The Hall–Kier alpha value is -0.930. The lowest BCUT2D eigenvalue weighted by atomic mass is 10.0. The Morgan fingerprint density at radius 1 is 0.750 bits per heavy atom. The molecule has 12 N–H and O–H groups in total. The summed E-state index contributed by atoms with van der Waals surface area (Å²) in [6.45, 7) is -2.36. The molecular formula is C12H26N2O10. The molecule has 0 heterocycles. The summed E-state index contributed by atoms with van der Waals surface area (Å²) in [6.07, 6.45) is -12.7. The molecular weight excluding hydrogens is 332 g/mol. The molecule has 0 rings (SSSR count). The largest absolute Gasteiger partial charge is 0.394 e. The minimum absolute atomic E-state index is 0.631. The van der Waals surface area contributed by atoms with E-state index in [2.05, 4.69) is 0 Å². The van der Waals surface area contributed by atoms with E-state index in [1.165, 1.54) is 0 Å². The molecule has 0 aromatic heterocycles. The van der Waals surface area contributed by atoms with Gasteiger partial charge < -0.3 is 57.0 Å². The quantitative estimate of drug-likeness (QED) is 0.166. The maximum absolute atomic E-state index is 11.7. The predicted molar refractivity (Wildman–Crippen MR) is 77.2 cm³/mol. The van der Waals surface area contributed by atoms with Gasteiger partial charge in [-0.1, -0.05) is 0 Å². The molecule has 12 nitrogen and oxygen atoms in total. The number of aliphatic hydroxyl groups is 9. The lowest BCUT2D eigenvalue weighted by molar-refractivity contribution is -0.134.